The molecule has 0 heterocycles. The van der Waals surface area contributed by atoms with Crippen molar-refractivity contribution in [3.63, 3.8) is 0 Å². The molecule has 7 heteroatoms. The summed E-state index contributed by atoms with van der Waals surface area (Å²) in [5.74, 6) is 0.318. The number of nitro groups is 1. The van der Waals surface area contributed by atoms with Gasteiger partial charge in [-0.1, -0.05) is 0 Å². The molecule has 0 aliphatic heterocycles. The van der Waals surface area contributed by atoms with Crippen molar-refractivity contribution < 1.29 is 14.5 Å². The van der Waals surface area contributed by atoms with Gasteiger partial charge in [-0.3, -0.25) is 14.9 Å². The van der Waals surface area contributed by atoms with Crippen LogP contribution in [0.5, 0.6) is 5.75 Å². The second-order valence-electron chi connectivity index (χ2n) is 5.24. The Kier molecular flexibility index (Phi) is 5.62. The van der Waals surface area contributed by atoms with Gasteiger partial charge in [-0.2, -0.15) is 5.10 Å². The van der Waals surface area contributed by atoms with Crippen molar-refractivity contribution >= 4 is 17.8 Å². The maximum atomic E-state index is 11.9. The second kappa shape index (κ2) is 7.87. The first-order chi connectivity index (χ1) is 11.5. The molecule has 0 saturated heterocycles. The lowest BCUT2D eigenvalue weighted by molar-refractivity contribution is -0.384. The maximum Gasteiger partial charge on any atom is 0.271 e. The number of nitro benzene ring substituents is 1. The lowest BCUT2D eigenvalue weighted by atomic mass is 10.2. The molecule has 0 aromatic heterocycles. The molecule has 0 aliphatic rings. The van der Waals surface area contributed by atoms with Gasteiger partial charge < -0.3 is 4.74 Å². The molecule has 0 spiro atoms. The van der Waals surface area contributed by atoms with Crippen LogP contribution in [0.3, 0.4) is 0 Å². The van der Waals surface area contributed by atoms with Crippen LogP contribution in [0.2, 0.25) is 0 Å². The Labute approximate surface area is 139 Å². The Balaban J connectivity index is 1.93. The van der Waals surface area contributed by atoms with Gasteiger partial charge in [0.05, 0.1) is 17.2 Å². The van der Waals surface area contributed by atoms with Gasteiger partial charge in [-0.25, -0.2) is 5.43 Å². The van der Waals surface area contributed by atoms with Crippen LogP contribution in [-0.2, 0) is 0 Å². The number of hydrogen-bond acceptors (Lipinski definition) is 5. The Morgan fingerprint density at radius 1 is 1.17 bits per heavy atom. The fourth-order valence-corrected chi connectivity index (χ4v) is 1.87. The van der Waals surface area contributed by atoms with Crippen LogP contribution in [-0.4, -0.2) is 23.1 Å². The van der Waals surface area contributed by atoms with E-state index in [2.05, 4.69) is 10.5 Å². The highest BCUT2D eigenvalue weighted by Gasteiger charge is 2.08. The third-order valence-electron chi connectivity index (χ3n) is 2.97. The third-order valence-corrected chi connectivity index (χ3v) is 2.97. The lowest BCUT2D eigenvalue weighted by Crippen LogP contribution is -2.17. The highest BCUT2D eigenvalue weighted by molar-refractivity contribution is 5.95. The largest absolute Gasteiger partial charge is 0.491 e. The molecule has 2 aromatic rings. The highest BCUT2D eigenvalue weighted by Crippen LogP contribution is 2.13. The SMILES string of the molecule is CC(C)Oc1ccc(/C=N/NC(=O)c2ccc([N+](=O)[O-])cc2)cc1. The maximum absolute atomic E-state index is 11.9. The molecule has 1 N–H and O–H groups in total. The van der Waals surface area contributed by atoms with Gasteiger partial charge in [-0.15, -0.1) is 0 Å². The minimum atomic E-state index is -0.521. The van der Waals surface area contributed by atoms with Crippen molar-refractivity contribution in [1.82, 2.24) is 5.43 Å². The molecule has 0 radical (unpaired) electrons. The molecule has 2 aromatic carbocycles. The number of non-ortho nitro benzene ring substituents is 1. The van der Waals surface area contributed by atoms with Gasteiger partial charge >= 0.3 is 0 Å². The summed E-state index contributed by atoms with van der Waals surface area (Å²) < 4.78 is 5.53. The standard InChI is InChI=1S/C17H17N3O4/c1-12(2)24-16-9-3-13(4-10-16)11-18-19-17(21)14-5-7-15(8-6-14)20(22)23/h3-12H,1-2H3,(H,19,21)/b18-11+. The summed E-state index contributed by atoms with van der Waals surface area (Å²) in [6, 6.07) is 12.6. The molecule has 7 nitrogen and oxygen atoms in total. The zero-order valence-corrected chi connectivity index (χ0v) is 13.3. The first-order valence-corrected chi connectivity index (χ1v) is 7.30. The van der Waals surface area contributed by atoms with Crippen molar-refractivity contribution in [1.29, 1.82) is 0 Å². The van der Waals surface area contributed by atoms with Crippen LogP contribution < -0.4 is 10.2 Å². The average molecular weight is 327 g/mol. The second-order valence-corrected chi connectivity index (χ2v) is 5.24. The highest BCUT2D eigenvalue weighted by atomic mass is 16.6. The van der Waals surface area contributed by atoms with Crippen molar-refractivity contribution in [3.05, 3.63) is 69.8 Å². The quantitative estimate of drug-likeness (QED) is 0.501. The molecule has 2 rings (SSSR count). The van der Waals surface area contributed by atoms with Crippen molar-refractivity contribution in [2.24, 2.45) is 5.10 Å². The van der Waals surface area contributed by atoms with Crippen LogP contribution in [0.1, 0.15) is 29.8 Å². The number of carbonyl (C=O) groups excluding carboxylic acids is 1. The molecule has 0 saturated carbocycles. The normalized spacial score (nSPS) is 10.8. The Hall–Kier alpha value is -3.22. The van der Waals surface area contributed by atoms with Crippen LogP contribution in [0.4, 0.5) is 5.69 Å². The number of hydrazone groups is 1. The van der Waals surface area contributed by atoms with Gasteiger partial charge in [0.25, 0.3) is 11.6 Å². The fourth-order valence-electron chi connectivity index (χ4n) is 1.87. The zero-order valence-electron chi connectivity index (χ0n) is 13.3. The van der Waals surface area contributed by atoms with Crippen LogP contribution in [0.15, 0.2) is 53.6 Å². The Bertz CT molecular complexity index is 737. The van der Waals surface area contributed by atoms with Gasteiger partial charge in [0, 0.05) is 17.7 Å². The van der Waals surface area contributed by atoms with E-state index in [-0.39, 0.29) is 11.8 Å². The van der Waals surface area contributed by atoms with Crippen molar-refractivity contribution in [2.45, 2.75) is 20.0 Å². The van der Waals surface area contributed by atoms with Crippen LogP contribution in [0, 0.1) is 10.1 Å². The van der Waals surface area contributed by atoms with E-state index in [0.717, 1.165) is 11.3 Å². The van der Waals surface area contributed by atoms with Gasteiger partial charge in [-0.05, 0) is 55.8 Å². The summed E-state index contributed by atoms with van der Waals surface area (Å²) in [5, 5.41) is 14.4. The van der Waals surface area contributed by atoms with Crippen molar-refractivity contribution in [3.8, 4) is 5.75 Å². The molecule has 0 atom stereocenters. The summed E-state index contributed by atoms with van der Waals surface area (Å²) >= 11 is 0. The number of nitrogens with zero attached hydrogens (tertiary/aromatic N) is 2. The third kappa shape index (κ3) is 4.91. The molecule has 0 aliphatic carbocycles. The van der Waals surface area contributed by atoms with E-state index in [4.69, 9.17) is 4.74 Å². The minimum Gasteiger partial charge on any atom is -0.491 e. The first kappa shape index (κ1) is 17.1. The fraction of sp³-hybridized carbons (Fsp3) is 0.176. The Morgan fingerprint density at radius 3 is 2.33 bits per heavy atom. The summed E-state index contributed by atoms with van der Waals surface area (Å²) in [5.41, 5.74) is 3.39. The van der Waals surface area contributed by atoms with E-state index >= 15 is 0 Å². The number of carbonyl (C=O) groups is 1. The van der Waals surface area contributed by atoms with E-state index in [1.165, 1.54) is 30.5 Å². The molecule has 0 unspecified atom stereocenters. The number of rotatable bonds is 6. The molecular formula is C17H17N3O4. The summed E-state index contributed by atoms with van der Waals surface area (Å²) in [6.07, 6.45) is 1.60. The number of benzene rings is 2. The van der Waals surface area contributed by atoms with E-state index in [0.29, 0.717) is 5.56 Å². The summed E-state index contributed by atoms with van der Waals surface area (Å²) in [7, 11) is 0. The molecule has 0 fully saturated rings. The zero-order chi connectivity index (χ0) is 17.5. The molecule has 0 bridgehead atoms. The van der Waals surface area contributed by atoms with Gasteiger partial charge in [0.1, 0.15) is 5.75 Å². The first-order valence-electron chi connectivity index (χ1n) is 7.30. The van der Waals surface area contributed by atoms with Crippen LogP contribution in [0.25, 0.3) is 0 Å². The predicted molar refractivity (Wildman–Crippen MR) is 90.4 cm³/mol. The number of amides is 1. The predicted octanol–water partition coefficient (Wildman–Crippen LogP) is 3.15. The van der Waals surface area contributed by atoms with Gasteiger partial charge in [0.2, 0.25) is 0 Å². The van der Waals surface area contributed by atoms with Gasteiger partial charge in [0.15, 0.2) is 0 Å². The van der Waals surface area contributed by atoms with E-state index in [9.17, 15) is 14.9 Å². The topological polar surface area (TPSA) is 93.8 Å². The van der Waals surface area contributed by atoms with E-state index in [1.807, 2.05) is 38.1 Å². The van der Waals surface area contributed by atoms with Crippen molar-refractivity contribution in [2.75, 3.05) is 0 Å². The summed E-state index contributed by atoms with van der Waals surface area (Å²) in [4.78, 5) is 21.9. The molecule has 1 amide bonds. The smallest absolute Gasteiger partial charge is 0.271 e. The summed E-state index contributed by atoms with van der Waals surface area (Å²) in [6.45, 7) is 3.90. The average Bonchev–Trinajstić information content (AvgIpc) is 2.56. The van der Waals surface area contributed by atoms with E-state index < -0.39 is 10.8 Å². The molecular weight excluding hydrogens is 310 g/mol. The number of nitrogens with one attached hydrogen (secondary N) is 1. The monoisotopic (exact) mass is 327 g/mol. The molecule has 124 valence electrons. The number of hydrogen-bond donors (Lipinski definition) is 1. The molecule has 24 heavy (non-hydrogen) atoms. The van der Waals surface area contributed by atoms with E-state index in [1.54, 1.807) is 0 Å². The number of ether oxygens (including phenoxy) is 1. The minimum absolute atomic E-state index is 0.0706. The van der Waals surface area contributed by atoms with Crippen LogP contribution >= 0.6 is 0 Å². The Morgan fingerprint density at radius 2 is 1.79 bits per heavy atom. The lowest BCUT2D eigenvalue weighted by Gasteiger charge is -2.09.